The summed E-state index contributed by atoms with van der Waals surface area (Å²) in [6, 6.07) is 3.30. The summed E-state index contributed by atoms with van der Waals surface area (Å²) >= 11 is 1.53. The summed E-state index contributed by atoms with van der Waals surface area (Å²) in [6.45, 7) is 5.27. The van der Waals surface area contributed by atoms with Gasteiger partial charge >= 0.3 is 0 Å². The fourth-order valence-corrected chi connectivity index (χ4v) is 5.63. The summed E-state index contributed by atoms with van der Waals surface area (Å²) < 4.78 is 0. The van der Waals surface area contributed by atoms with Crippen molar-refractivity contribution >= 4 is 28.8 Å². The van der Waals surface area contributed by atoms with Crippen LogP contribution in [0.4, 0.5) is 5.69 Å². The summed E-state index contributed by atoms with van der Waals surface area (Å²) in [5, 5.41) is 15.5. The third kappa shape index (κ3) is 4.76. The van der Waals surface area contributed by atoms with Crippen molar-refractivity contribution in [3.63, 3.8) is 0 Å². The van der Waals surface area contributed by atoms with Gasteiger partial charge in [-0.2, -0.15) is 0 Å². The van der Waals surface area contributed by atoms with Gasteiger partial charge in [-0.3, -0.25) is 9.59 Å². The number of aromatic nitrogens is 1. The maximum atomic E-state index is 12.8. The lowest BCUT2D eigenvalue weighted by Gasteiger charge is -2.34. The molecular weight excluding hydrogens is 410 g/mol. The molecule has 1 aliphatic heterocycles. The second-order valence-corrected chi connectivity index (χ2v) is 9.73. The zero-order chi connectivity index (χ0) is 22.0. The van der Waals surface area contributed by atoms with Gasteiger partial charge in [0, 0.05) is 36.0 Å². The number of likely N-dealkylation sites (tertiary alicyclic amines) is 1. The van der Waals surface area contributed by atoms with Gasteiger partial charge in [0.1, 0.15) is 11.4 Å². The molecule has 1 aromatic heterocycles. The van der Waals surface area contributed by atoms with Crippen LogP contribution in [-0.4, -0.2) is 39.9 Å². The first kappa shape index (κ1) is 21.8. The summed E-state index contributed by atoms with van der Waals surface area (Å²) in [6.07, 6.45) is 7.53. The molecule has 0 atom stereocenters. The van der Waals surface area contributed by atoms with E-state index in [1.54, 1.807) is 12.1 Å². The van der Waals surface area contributed by atoms with Crippen molar-refractivity contribution in [1.29, 1.82) is 0 Å². The summed E-state index contributed by atoms with van der Waals surface area (Å²) in [5.41, 5.74) is 2.71. The number of benzene rings is 1. The maximum absolute atomic E-state index is 12.8. The molecule has 2 aromatic rings. The first-order valence-corrected chi connectivity index (χ1v) is 12.2. The van der Waals surface area contributed by atoms with E-state index in [1.165, 1.54) is 30.6 Å². The number of nitrogens with zero attached hydrogens (tertiary/aromatic N) is 2. The van der Waals surface area contributed by atoms with Crippen molar-refractivity contribution in [3.05, 3.63) is 39.3 Å². The molecule has 0 bridgehead atoms. The lowest BCUT2D eigenvalue weighted by Crippen LogP contribution is -2.41. The lowest BCUT2D eigenvalue weighted by molar-refractivity contribution is -0.137. The molecule has 2 N–H and O–H groups in total. The van der Waals surface area contributed by atoms with Crippen molar-refractivity contribution in [3.8, 4) is 5.75 Å². The van der Waals surface area contributed by atoms with Gasteiger partial charge in [0.05, 0.1) is 5.01 Å². The molecule has 166 valence electrons. The number of phenolic OH excluding ortho intramolecular Hbond substituents is 1. The number of hydrogen-bond donors (Lipinski definition) is 2. The highest BCUT2D eigenvalue weighted by atomic mass is 32.1. The minimum Gasteiger partial charge on any atom is -0.508 e. The third-order valence-corrected chi connectivity index (χ3v) is 7.88. The number of aromatic hydroxyl groups is 1. The molecule has 1 aromatic carbocycles. The van der Waals surface area contributed by atoms with Gasteiger partial charge in [0.25, 0.3) is 5.91 Å². The van der Waals surface area contributed by atoms with E-state index in [4.69, 9.17) is 0 Å². The third-order valence-electron chi connectivity index (χ3n) is 6.87. The molecule has 2 heterocycles. The Kier molecular flexibility index (Phi) is 6.60. The lowest BCUT2D eigenvalue weighted by atomic mass is 9.87. The van der Waals surface area contributed by atoms with E-state index in [9.17, 15) is 14.7 Å². The van der Waals surface area contributed by atoms with E-state index >= 15 is 0 Å². The highest BCUT2D eigenvalue weighted by Gasteiger charge is 2.30. The molecule has 7 heteroatoms. The van der Waals surface area contributed by atoms with Crippen LogP contribution < -0.4 is 5.32 Å². The quantitative estimate of drug-likeness (QED) is 0.654. The Hall–Kier alpha value is -2.41. The molecular formula is C24H31N3O3S. The number of anilines is 1. The monoisotopic (exact) mass is 441 g/mol. The highest BCUT2D eigenvalue weighted by molar-refractivity contribution is 7.10. The Morgan fingerprint density at radius 1 is 1.06 bits per heavy atom. The molecule has 1 saturated carbocycles. The number of carbonyl (C=O) groups excluding carboxylic acids is 2. The van der Waals surface area contributed by atoms with Gasteiger partial charge < -0.3 is 15.3 Å². The molecule has 0 radical (unpaired) electrons. The van der Waals surface area contributed by atoms with E-state index in [2.05, 4.69) is 10.3 Å². The molecule has 1 aliphatic carbocycles. The van der Waals surface area contributed by atoms with E-state index in [1.807, 2.05) is 24.1 Å². The van der Waals surface area contributed by atoms with Crippen molar-refractivity contribution in [2.75, 3.05) is 18.4 Å². The van der Waals surface area contributed by atoms with Gasteiger partial charge in [-0.1, -0.05) is 19.3 Å². The Labute approximate surface area is 187 Å². The zero-order valence-electron chi connectivity index (χ0n) is 18.3. The molecule has 4 rings (SSSR count). The van der Waals surface area contributed by atoms with Crippen LogP contribution in [0.3, 0.4) is 0 Å². The summed E-state index contributed by atoms with van der Waals surface area (Å²) in [7, 11) is 0. The number of amides is 2. The summed E-state index contributed by atoms with van der Waals surface area (Å²) in [4.78, 5) is 32.1. The minimum atomic E-state index is -0.236. The van der Waals surface area contributed by atoms with Crippen LogP contribution in [0.5, 0.6) is 5.75 Å². The first-order chi connectivity index (χ1) is 14.9. The van der Waals surface area contributed by atoms with Crippen molar-refractivity contribution in [2.24, 2.45) is 5.92 Å². The largest absolute Gasteiger partial charge is 0.508 e. The van der Waals surface area contributed by atoms with Crippen LogP contribution >= 0.6 is 11.3 Å². The Morgan fingerprint density at radius 3 is 2.48 bits per heavy atom. The van der Waals surface area contributed by atoms with E-state index in [0.717, 1.165) is 54.9 Å². The average molecular weight is 442 g/mol. The Bertz CT molecular complexity index is 957. The molecule has 1 saturated heterocycles. The molecule has 2 fully saturated rings. The molecule has 0 spiro atoms. The Balaban J connectivity index is 1.34. The van der Waals surface area contributed by atoms with Crippen molar-refractivity contribution in [2.45, 2.75) is 64.7 Å². The normalized spacial score (nSPS) is 18.2. The smallest absolute Gasteiger partial charge is 0.275 e. The standard InChI is InChI=1S/C24H31N3O3S/c1-15-16(2)21(28)9-8-19(15)25-22(29)20-14-31-23(26-20)17-10-12-27(13-11-17)24(30)18-6-4-3-5-7-18/h8-9,14,17-18,28H,3-7,10-13H2,1-2H3,(H,25,29). The number of piperidine rings is 1. The number of thiazole rings is 1. The van der Waals surface area contributed by atoms with Crippen LogP contribution in [0.1, 0.15) is 77.5 Å². The van der Waals surface area contributed by atoms with Gasteiger partial charge in [-0.15, -0.1) is 11.3 Å². The van der Waals surface area contributed by atoms with Crippen LogP contribution in [0, 0.1) is 19.8 Å². The topological polar surface area (TPSA) is 82.5 Å². The van der Waals surface area contributed by atoms with Gasteiger partial charge in [0.2, 0.25) is 5.91 Å². The van der Waals surface area contributed by atoms with Crippen LogP contribution in [0.25, 0.3) is 0 Å². The van der Waals surface area contributed by atoms with Crippen LogP contribution in [-0.2, 0) is 4.79 Å². The number of phenols is 1. The fourth-order valence-electron chi connectivity index (χ4n) is 4.66. The molecule has 2 aliphatic rings. The van der Waals surface area contributed by atoms with Crippen molar-refractivity contribution < 1.29 is 14.7 Å². The fraction of sp³-hybridized carbons (Fsp3) is 0.542. The molecule has 0 unspecified atom stereocenters. The molecule has 2 amide bonds. The molecule has 6 nitrogen and oxygen atoms in total. The number of hydrogen-bond acceptors (Lipinski definition) is 5. The number of rotatable bonds is 4. The molecule has 31 heavy (non-hydrogen) atoms. The van der Waals surface area contributed by atoms with Crippen molar-refractivity contribution in [1.82, 2.24) is 9.88 Å². The average Bonchev–Trinajstić information content (AvgIpc) is 3.30. The highest BCUT2D eigenvalue weighted by Crippen LogP contribution is 2.33. The Morgan fingerprint density at radius 2 is 1.77 bits per heavy atom. The zero-order valence-corrected chi connectivity index (χ0v) is 19.1. The first-order valence-electron chi connectivity index (χ1n) is 11.3. The number of nitrogens with one attached hydrogen (secondary N) is 1. The van der Waals surface area contributed by atoms with Gasteiger partial charge in [-0.25, -0.2) is 4.98 Å². The van der Waals surface area contributed by atoms with Crippen LogP contribution in [0.2, 0.25) is 0 Å². The second kappa shape index (κ2) is 9.39. The predicted molar refractivity (Wildman–Crippen MR) is 123 cm³/mol. The number of carbonyl (C=O) groups is 2. The van der Waals surface area contributed by atoms with Gasteiger partial charge in [-0.05, 0) is 62.8 Å². The predicted octanol–water partition coefficient (Wildman–Crippen LogP) is 5.00. The SMILES string of the molecule is Cc1c(O)ccc(NC(=O)c2csc(C3CCN(C(=O)C4CCCCC4)CC3)n2)c1C. The van der Waals surface area contributed by atoms with E-state index in [-0.39, 0.29) is 17.6 Å². The van der Waals surface area contributed by atoms with Crippen LogP contribution in [0.15, 0.2) is 17.5 Å². The summed E-state index contributed by atoms with van der Waals surface area (Å²) in [5.74, 6) is 0.865. The minimum absolute atomic E-state index is 0.222. The maximum Gasteiger partial charge on any atom is 0.275 e. The second-order valence-electron chi connectivity index (χ2n) is 8.84. The van der Waals surface area contributed by atoms with E-state index in [0.29, 0.717) is 23.2 Å². The van der Waals surface area contributed by atoms with Gasteiger partial charge in [0.15, 0.2) is 0 Å². The van der Waals surface area contributed by atoms with E-state index < -0.39 is 0 Å².